The van der Waals surface area contributed by atoms with Gasteiger partial charge >= 0.3 is 0 Å². The van der Waals surface area contributed by atoms with Crippen LogP contribution in [-0.4, -0.2) is 67.9 Å². The highest BCUT2D eigenvalue weighted by Crippen LogP contribution is 2.07. The van der Waals surface area contributed by atoms with Crippen molar-refractivity contribution >= 4 is 17.3 Å². The predicted octanol–water partition coefficient (Wildman–Crippen LogP) is 0.533. The van der Waals surface area contributed by atoms with Gasteiger partial charge in [0.2, 0.25) is 0 Å². The second-order valence-corrected chi connectivity index (χ2v) is 4.77. The molecule has 0 aromatic rings. The second-order valence-electron chi connectivity index (χ2n) is 4.38. The molecular formula is C11H23N3OS. The zero-order chi connectivity index (χ0) is 12.0. The second kappa shape index (κ2) is 7.04. The highest BCUT2D eigenvalue weighted by atomic mass is 32.1. The molecule has 4 nitrogen and oxygen atoms in total. The van der Waals surface area contributed by atoms with Crippen LogP contribution < -0.4 is 5.32 Å². The third-order valence-electron chi connectivity index (χ3n) is 2.89. The van der Waals surface area contributed by atoms with Crippen molar-refractivity contribution in [1.29, 1.82) is 0 Å². The quantitative estimate of drug-likeness (QED) is 0.576. The molecule has 1 saturated heterocycles. The highest BCUT2D eigenvalue weighted by Gasteiger charge is 2.22. The van der Waals surface area contributed by atoms with E-state index in [1.165, 1.54) is 0 Å². The largest absolute Gasteiger partial charge is 0.385 e. The van der Waals surface area contributed by atoms with Crippen LogP contribution in [0.3, 0.4) is 0 Å². The van der Waals surface area contributed by atoms with E-state index in [2.05, 4.69) is 29.1 Å². The standard InChI is InChI=1S/C11H23N3OS/c1-10-9-13(2)6-7-14(10)11(16)12-5-4-8-15-3/h10H,4-9H2,1-3H3,(H,12,16). The number of nitrogens with zero attached hydrogens (tertiary/aromatic N) is 2. The molecule has 0 bridgehead atoms. The lowest BCUT2D eigenvalue weighted by atomic mass is 10.2. The van der Waals surface area contributed by atoms with Crippen LogP contribution in [0.1, 0.15) is 13.3 Å². The molecule has 1 aliphatic rings. The normalized spacial score (nSPS) is 22.2. The number of methoxy groups -OCH3 is 1. The SMILES string of the molecule is COCCCNC(=S)N1CCN(C)CC1C. The average molecular weight is 245 g/mol. The van der Waals surface area contributed by atoms with Gasteiger partial charge in [-0.1, -0.05) is 0 Å². The van der Waals surface area contributed by atoms with Gasteiger partial charge in [0.1, 0.15) is 0 Å². The summed E-state index contributed by atoms with van der Waals surface area (Å²) in [7, 11) is 3.88. The minimum Gasteiger partial charge on any atom is -0.385 e. The molecule has 0 spiro atoms. The Morgan fingerprint density at radius 3 is 2.88 bits per heavy atom. The Morgan fingerprint density at radius 2 is 2.25 bits per heavy atom. The molecule has 0 amide bonds. The van der Waals surface area contributed by atoms with Gasteiger partial charge in [-0.25, -0.2) is 0 Å². The van der Waals surface area contributed by atoms with Crippen molar-refractivity contribution in [1.82, 2.24) is 15.1 Å². The number of hydrogen-bond acceptors (Lipinski definition) is 3. The van der Waals surface area contributed by atoms with Gasteiger partial charge in [0.05, 0.1) is 0 Å². The van der Waals surface area contributed by atoms with E-state index in [-0.39, 0.29) is 0 Å². The molecule has 1 aliphatic heterocycles. The lowest BCUT2D eigenvalue weighted by Crippen LogP contribution is -2.55. The number of nitrogens with one attached hydrogen (secondary N) is 1. The summed E-state index contributed by atoms with van der Waals surface area (Å²) in [6.07, 6.45) is 0.999. The summed E-state index contributed by atoms with van der Waals surface area (Å²) in [6, 6.07) is 0.501. The molecule has 1 atom stereocenters. The summed E-state index contributed by atoms with van der Waals surface area (Å²) in [5.41, 5.74) is 0. The Hall–Kier alpha value is -0.390. The Bertz CT molecular complexity index is 225. The van der Waals surface area contributed by atoms with Crippen LogP contribution in [0, 0.1) is 0 Å². The maximum Gasteiger partial charge on any atom is 0.169 e. The molecular weight excluding hydrogens is 222 g/mol. The molecule has 1 unspecified atom stereocenters. The molecule has 0 saturated carbocycles. The average Bonchev–Trinajstić information content (AvgIpc) is 2.24. The first-order valence-corrected chi connectivity index (χ1v) is 6.28. The van der Waals surface area contributed by atoms with E-state index in [0.717, 1.165) is 44.3 Å². The van der Waals surface area contributed by atoms with Crippen LogP contribution in [0.25, 0.3) is 0 Å². The Kier molecular flexibility index (Phi) is 6.01. The fourth-order valence-corrected chi connectivity index (χ4v) is 2.33. The van der Waals surface area contributed by atoms with Crippen molar-refractivity contribution in [2.45, 2.75) is 19.4 Å². The highest BCUT2D eigenvalue weighted by molar-refractivity contribution is 7.80. The van der Waals surface area contributed by atoms with E-state index in [4.69, 9.17) is 17.0 Å². The fourth-order valence-electron chi connectivity index (χ4n) is 1.95. The summed E-state index contributed by atoms with van der Waals surface area (Å²) in [5, 5.41) is 4.18. The first-order valence-electron chi connectivity index (χ1n) is 5.87. The first kappa shape index (κ1) is 13.7. The van der Waals surface area contributed by atoms with Gasteiger partial charge in [-0.05, 0) is 32.6 Å². The number of likely N-dealkylation sites (N-methyl/N-ethyl adjacent to an activating group) is 1. The maximum atomic E-state index is 5.39. The third kappa shape index (κ3) is 4.23. The van der Waals surface area contributed by atoms with Gasteiger partial charge in [-0.3, -0.25) is 0 Å². The van der Waals surface area contributed by atoms with Crippen molar-refractivity contribution in [2.24, 2.45) is 0 Å². The zero-order valence-electron chi connectivity index (χ0n) is 10.5. The van der Waals surface area contributed by atoms with Crippen molar-refractivity contribution in [3.63, 3.8) is 0 Å². The summed E-state index contributed by atoms with van der Waals surface area (Å²) >= 11 is 5.39. The third-order valence-corrected chi connectivity index (χ3v) is 3.27. The monoisotopic (exact) mass is 245 g/mol. The summed E-state index contributed by atoms with van der Waals surface area (Å²) < 4.78 is 5.00. The van der Waals surface area contributed by atoms with Crippen molar-refractivity contribution in [3.8, 4) is 0 Å². The van der Waals surface area contributed by atoms with Gasteiger partial charge in [0, 0.05) is 45.9 Å². The van der Waals surface area contributed by atoms with E-state index in [1.54, 1.807) is 7.11 Å². The molecule has 1 fully saturated rings. The van der Waals surface area contributed by atoms with Gasteiger partial charge in [-0.15, -0.1) is 0 Å². The van der Waals surface area contributed by atoms with E-state index in [9.17, 15) is 0 Å². The molecule has 5 heteroatoms. The van der Waals surface area contributed by atoms with E-state index in [1.807, 2.05) is 0 Å². The zero-order valence-corrected chi connectivity index (χ0v) is 11.3. The molecule has 0 radical (unpaired) electrons. The lowest BCUT2D eigenvalue weighted by Gasteiger charge is -2.39. The molecule has 1 N–H and O–H groups in total. The molecule has 1 rings (SSSR count). The Balaban J connectivity index is 2.25. The van der Waals surface area contributed by atoms with Gasteiger partial charge in [0.15, 0.2) is 5.11 Å². The minimum absolute atomic E-state index is 0.501. The van der Waals surface area contributed by atoms with Crippen molar-refractivity contribution < 1.29 is 4.74 Å². The summed E-state index contributed by atoms with van der Waals surface area (Å²) in [4.78, 5) is 4.62. The van der Waals surface area contributed by atoms with Gasteiger partial charge in [0.25, 0.3) is 0 Å². The molecule has 0 aromatic heterocycles. The van der Waals surface area contributed by atoms with Crippen LogP contribution in [0.5, 0.6) is 0 Å². The van der Waals surface area contributed by atoms with Crippen LogP contribution >= 0.6 is 12.2 Å². The minimum atomic E-state index is 0.501. The van der Waals surface area contributed by atoms with E-state index >= 15 is 0 Å². The maximum absolute atomic E-state index is 5.39. The van der Waals surface area contributed by atoms with Crippen LogP contribution in [0.2, 0.25) is 0 Å². The molecule has 0 aliphatic carbocycles. The summed E-state index contributed by atoms with van der Waals surface area (Å²) in [6.45, 7) is 7.09. The van der Waals surface area contributed by atoms with E-state index in [0.29, 0.717) is 6.04 Å². The number of hydrogen-bond donors (Lipinski definition) is 1. The topological polar surface area (TPSA) is 27.7 Å². The van der Waals surface area contributed by atoms with Crippen molar-refractivity contribution in [2.75, 3.05) is 46.9 Å². The lowest BCUT2D eigenvalue weighted by molar-refractivity contribution is 0.159. The first-order chi connectivity index (χ1) is 7.65. The van der Waals surface area contributed by atoms with Crippen LogP contribution in [0.15, 0.2) is 0 Å². The predicted molar refractivity (Wildman–Crippen MR) is 70.8 cm³/mol. The number of ether oxygens (including phenoxy) is 1. The Morgan fingerprint density at radius 1 is 1.50 bits per heavy atom. The van der Waals surface area contributed by atoms with Gasteiger partial charge in [-0.2, -0.15) is 0 Å². The van der Waals surface area contributed by atoms with Crippen molar-refractivity contribution in [3.05, 3.63) is 0 Å². The van der Waals surface area contributed by atoms with E-state index < -0.39 is 0 Å². The molecule has 1 heterocycles. The molecule has 16 heavy (non-hydrogen) atoms. The molecule has 94 valence electrons. The van der Waals surface area contributed by atoms with Crippen LogP contribution in [0.4, 0.5) is 0 Å². The smallest absolute Gasteiger partial charge is 0.169 e. The number of piperazine rings is 1. The Labute approximate surface area is 104 Å². The van der Waals surface area contributed by atoms with Gasteiger partial charge < -0.3 is 19.9 Å². The molecule has 0 aromatic carbocycles. The number of thiocarbonyl (C=S) groups is 1. The summed E-state index contributed by atoms with van der Waals surface area (Å²) in [5.74, 6) is 0. The van der Waals surface area contributed by atoms with Crippen LogP contribution in [-0.2, 0) is 4.74 Å². The fraction of sp³-hybridized carbons (Fsp3) is 0.909. The number of rotatable bonds is 4.